The Balaban J connectivity index is 1.91. The molecule has 0 fully saturated rings. The molecule has 0 bridgehead atoms. The number of methoxy groups -OCH3 is 1. The standard InChI is InChI=1S/C19H14N2O2/c1-22-19-20-12-15-17(11-13-7-3-2-4-8-13)23-16-10-6-5-9-14(16)18(15)21-19/h2-12H,1H3/b17-11-. The van der Waals surface area contributed by atoms with Crippen molar-refractivity contribution in [3.05, 3.63) is 71.9 Å². The molecular formula is C19H14N2O2. The Hall–Kier alpha value is -3.14. The zero-order chi connectivity index (χ0) is 15.6. The van der Waals surface area contributed by atoms with Crippen molar-refractivity contribution in [3.63, 3.8) is 0 Å². The van der Waals surface area contributed by atoms with Crippen LogP contribution in [0.2, 0.25) is 0 Å². The van der Waals surface area contributed by atoms with E-state index in [0.29, 0.717) is 6.01 Å². The molecule has 4 rings (SSSR count). The minimum atomic E-state index is 0.347. The topological polar surface area (TPSA) is 44.2 Å². The highest BCUT2D eigenvalue weighted by Gasteiger charge is 2.24. The minimum absolute atomic E-state index is 0.347. The van der Waals surface area contributed by atoms with Crippen LogP contribution in [0.3, 0.4) is 0 Å². The van der Waals surface area contributed by atoms with Gasteiger partial charge in [0.05, 0.1) is 18.4 Å². The second-order valence-corrected chi connectivity index (χ2v) is 5.14. The van der Waals surface area contributed by atoms with E-state index in [-0.39, 0.29) is 0 Å². The molecule has 4 nitrogen and oxygen atoms in total. The molecule has 1 aromatic heterocycles. The predicted octanol–water partition coefficient (Wildman–Crippen LogP) is 4.04. The average molecular weight is 302 g/mol. The fourth-order valence-electron chi connectivity index (χ4n) is 2.58. The summed E-state index contributed by atoms with van der Waals surface area (Å²) in [7, 11) is 1.56. The van der Waals surface area contributed by atoms with E-state index in [4.69, 9.17) is 9.47 Å². The van der Waals surface area contributed by atoms with Crippen LogP contribution in [0.25, 0.3) is 23.1 Å². The zero-order valence-corrected chi connectivity index (χ0v) is 12.6. The maximum atomic E-state index is 6.08. The molecule has 1 aliphatic rings. The third-order valence-corrected chi connectivity index (χ3v) is 3.67. The summed E-state index contributed by atoms with van der Waals surface area (Å²) in [5.41, 5.74) is 3.67. The van der Waals surface area contributed by atoms with Gasteiger partial charge in [-0.2, -0.15) is 4.98 Å². The van der Waals surface area contributed by atoms with Crippen LogP contribution in [0.15, 0.2) is 60.8 Å². The van der Waals surface area contributed by atoms with Crippen LogP contribution in [0.1, 0.15) is 11.1 Å². The Kier molecular flexibility index (Phi) is 3.27. The molecule has 0 N–H and O–H groups in total. The first-order valence-electron chi connectivity index (χ1n) is 7.30. The van der Waals surface area contributed by atoms with Gasteiger partial charge in [-0.1, -0.05) is 42.5 Å². The van der Waals surface area contributed by atoms with E-state index in [1.807, 2.05) is 60.7 Å². The van der Waals surface area contributed by atoms with Gasteiger partial charge in [0.25, 0.3) is 0 Å². The maximum Gasteiger partial charge on any atom is 0.316 e. The normalized spacial score (nSPS) is 13.9. The third kappa shape index (κ3) is 2.44. The average Bonchev–Trinajstić information content (AvgIpc) is 2.62. The third-order valence-electron chi connectivity index (χ3n) is 3.67. The van der Waals surface area contributed by atoms with E-state index in [2.05, 4.69) is 9.97 Å². The Morgan fingerprint density at radius 3 is 2.57 bits per heavy atom. The lowest BCUT2D eigenvalue weighted by Crippen LogP contribution is -2.08. The van der Waals surface area contributed by atoms with Crippen molar-refractivity contribution >= 4 is 11.8 Å². The van der Waals surface area contributed by atoms with E-state index < -0.39 is 0 Å². The van der Waals surface area contributed by atoms with Gasteiger partial charge in [-0.15, -0.1) is 0 Å². The lowest BCUT2D eigenvalue weighted by Gasteiger charge is -2.22. The summed E-state index contributed by atoms with van der Waals surface area (Å²) in [5.74, 6) is 1.51. The van der Waals surface area contributed by atoms with Crippen LogP contribution < -0.4 is 9.47 Å². The molecule has 0 spiro atoms. The van der Waals surface area contributed by atoms with Crippen molar-refractivity contribution in [3.8, 4) is 23.0 Å². The van der Waals surface area contributed by atoms with Crippen molar-refractivity contribution in [2.45, 2.75) is 0 Å². The summed E-state index contributed by atoms with van der Waals surface area (Å²) in [4.78, 5) is 8.73. The van der Waals surface area contributed by atoms with Gasteiger partial charge in [-0.05, 0) is 23.8 Å². The summed E-state index contributed by atoms with van der Waals surface area (Å²) in [6.45, 7) is 0. The summed E-state index contributed by atoms with van der Waals surface area (Å²) in [5, 5.41) is 0. The fraction of sp³-hybridized carbons (Fsp3) is 0.0526. The van der Waals surface area contributed by atoms with Gasteiger partial charge >= 0.3 is 6.01 Å². The Bertz CT molecular complexity index is 889. The molecule has 1 aliphatic heterocycles. The van der Waals surface area contributed by atoms with E-state index in [9.17, 15) is 0 Å². The van der Waals surface area contributed by atoms with Gasteiger partial charge < -0.3 is 9.47 Å². The Morgan fingerprint density at radius 1 is 0.957 bits per heavy atom. The summed E-state index contributed by atoms with van der Waals surface area (Å²) < 4.78 is 11.2. The molecule has 4 heteroatoms. The highest BCUT2D eigenvalue weighted by Crippen LogP contribution is 2.41. The number of hydrogen-bond acceptors (Lipinski definition) is 4. The van der Waals surface area contributed by atoms with Gasteiger partial charge in [-0.3, -0.25) is 0 Å². The van der Waals surface area contributed by atoms with E-state index in [1.165, 1.54) is 0 Å². The van der Waals surface area contributed by atoms with Crippen LogP contribution in [0.4, 0.5) is 0 Å². The molecule has 0 atom stereocenters. The SMILES string of the molecule is COc1ncc2c(n1)-c1ccccc1O/C2=C\c1ccccc1. The minimum Gasteiger partial charge on any atom is -0.467 e. The van der Waals surface area contributed by atoms with E-state index in [1.54, 1.807) is 13.3 Å². The van der Waals surface area contributed by atoms with Crippen molar-refractivity contribution < 1.29 is 9.47 Å². The molecular weight excluding hydrogens is 288 g/mol. The molecule has 0 amide bonds. The number of ether oxygens (including phenoxy) is 2. The lowest BCUT2D eigenvalue weighted by atomic mass is 10.0. The smallest absolute Gasteiger partial charge is 0.316 e. The number of benzene rings is 2. The second kappa shape index (κ2) is 5.57. The fourth-order valence-corrected chi connectivity index (χ4v) is 2.58. The summed E-state index contributed by atoms with van der Waals surface area (Å²) in [6, 6.07) is 18.2. The highest BCUT2D eigenvalue weighted by molar-refractivity contribution is 5.90. The number of para-hydroxylation sites is 1. The summed E-state index contributed by atoms with van der Waals surface area (Å²) in [6.07, 6.45) is 3.73. The molecule has 0 unspecified atom stereocenters. The summed E-state index contributed by atoms with van der Waals surface area (Å²) >= 11 is 0. The number of rotatable bonds is 2. The largest absolute Gasteiger partial charge is 0.467 e. The van der Waals surface area contributed by atoms with E-state index in [0.717, 1.165) is 33.9 Å². The second-order valence-electron chi connectivity index (χ2n) is 5.14. The zero-order valence-electron chi connectivity index (χ0n) is 12.6. The van der Waals surface area contributed by atoms with Crippen molar-refractivity contribution in [2.75, 3.05) is 7.11 Å². The lowest BCUT2D eigenvalue weighted by molar-refractivity contribution is 0.379. The molecule has 0 saturated heterocycles. The molecule has 112 valence electrons. The van der Waals surface area contributed by atoms with Crippen molar-refractivity contribution in [1.82, 2.24) is 9.97 Å². The van der Waals surface area contributed by atoms with Crippen LogP contribution in [0.5, 0.6) is 11.8 Å². The van der Waals surface area contributed by atoms with Crippen molar-refractivity contribution in [1.29, 1.82) is 0 Å². The van der Waals surface area contributed by atoms with Gasteiger partial charge in [0, 0.05) is 11.8 Å². The molecule has 23 heavy (non-hydrogen) atoms. The van der Waals surface area contributed by atoms with Gasteiger partial charge in [0.2, 0.25) is 0 Å². The predicted molar refractivity (Wildman–Crippen MR) is 89.0 cm³/mol. The van der Waals surface area contributed by atoms with Crippen LogP contribution in [-0.4, -0.2) is 17.1 Å². The van der Waals surface area contributed by atoms with Crippen molar-refractivity contribution in [2.24, 2.45) is 0 Å². The molecule has 3 aromatic rings. The van der Waals surface area contributed by atoms with Crippen LogP contribution >= 0.6 is 0 Å². The monoisotopic (exact) mass is 302 g/mol. The molecule has 2 heterocycles. The number of fused-ring (bicyclic) bond motifs is 3. The van der Waals surface area contributed by atoms with Gasteiger partial charge in [0.1, 0.15) is 11.5 Å². The molecule has 0 saturated carbocycles. The Labute approximate surface area is 134 Å². The highest BCUT2D eigenvalue weighted by atomic mass is 16.5. The maximum absolute atomic E-state index is 6.08. The molecule has 0 aliphatic carbocycles. The van der Waals surface area contributed by atoms with E-state index >= 15 is 0 Å². The quantitative estimate of drug-likeness (QED) is 0.716. The van der Waals surface area contributed by atoms with Gasteiger partial charge in [0.15, 0.2) is 0 Å². The van der Waals surface area contributed by atoms with Crippen LogP contribution in [-0.2, 0) is 0 Å². The Morgan fingerprint density at radius 2 is 1.74 bits per heavy atom. The first-order chi connectivity index (χ1) is 11.3. The first kappa shape index (κ1) is 13.5. The number of nitrogens with zero attached hydrogens (tertiary/aromatic N) is 2. The van der Waals surface area contributed by atoms with Gasteiger partial charge in [-0.25, -0.2) is 4.98 Å². The first-order valence-corrected chi connectivity index (χ1v) is 7.30. The number of aromatic nitrogens is 2. The van der Waals surface area contributed by atoms with Crippen LogP contribution in [0, 0.1) is 0 Å². The molecule has 2 aromatic carbocycles. The number of hydrogen-bond donors (Lipinski definition) is 0. The molecule has 0 radical (unpaired) electrons.